The van der Waals surface area contributed by atoms with Gasteiger partial charge >= 0.3 is 0 Å². The van der Waals surface area contributed by atoms with E-state index < -0.39 is 0 Å². The van der Waals surface area contributed by atoms with Crippen LogP contribution in [-0.2, 0) is 6.54 Å². The van der Waals surface area contributed by atoms with Crippen molar-refractivity contribution < 1.29 is 9.47 Å². The quantitative estimate of drug-likeness (QED) is 0.307. The highest BCUT2D eigenvalue weighted by Crippen LogP contribution is 2.45. The Morgan fingerprint density at radius 2 is 2.03 bits per heavy atom. The normalized spacial score (nSPS) is 12.8. The van der Waals surface area contributed by atoms with Crippen LogP contribution in [0.15, 0.2) is 40.1 Å². The number of imidazole rings is 1. The van der Waals surface area contributed by atoms with Crippen LogP contribution in [0.4, 0.5) is 5.82 Å². The molecule has 0 radical (unpaired) electrons. The number of nitrogens with zero attached hydrogens (tertiary/aromatic N) is 5. The average molecular weight is 498 g/mol. The Morgan fingerprint density at radius 3 is 2.82 bits per heavy atom. The van der Waals surface area contributed by atoms with E-state index in [-0.39, 0.29) is 6.79 Å². The second kappa shape index (κ2) is 10.2. The van der Waals surface area contributed by atoms with Gasteiger partial charge in [-0.2, -0.15) is 0 Å². The van der Waals surface area contributed by atoms with Gasteiger partial charge in [0, 0.05) is 28.6 Å². The van der Waals surface area contributed by atoms with Crippen LogP contribution in [0.5, 0.6) is 11.5 Å². The highest BCUT2D eigenvalue weighted by atomic mass is 32.2. The molecule has 0 amide bonds. The summed E-state index contributed by atoms with van der Waals surface area (Å²) < 4.78 is 13.4. The first kappa shape index (κ1) is 22.9. The zero-order chi connectivity index (χ0) is 23.5. The van der Waals surface area contributed by atoms with Gasteiger partial charge in [0.05, 0.1) is 0 Å². The molecular formula is C23H27N7O2S2. The average Bonchev–Trinajstić information content (AvgIpc) is 3.56. The van der Waals surface area contributed by atoms with Gasteiger partial charge in [0.15, 0.2) is 33.6 Å². The zero-order valence-electron chi connectivity index (χ0n) is 19.2. The third-order valence-electron chi connectivity index (χ3n) is 5.40. The molecule has 0 saturated carbocycles. The van der Waals surface area contributed by atoms with Crippen LogP contribution in [0.3, 0.4) is 0 Å². The van der Waals surface area contributed by atoms with Gasteiger partial charge in [0.25, 0.3) is 0 Å². The first-order valence-corrected chi connectivity index (χ1v) is 13.0. The van der Waals surface area contributed by atoms with E-state index in [2.05, 4.69) is 38.7 Å². The molecule has 11 heteroatoms. The smallest absolute Gasteiger partial charge is 0.231 e. The number of nitrogens with two attached hydrogens (primary N) is 1. The molecule has 1 aliphatic heterocycles. The molecule has 9 nitrogen and oxygen atoms in total. The van der Waals surface area contributed by atoms with E-state index in [1.54, 1.807) is 29.3 Å². The minimum absolute atomic E-state index is 0.218. The molecule has 0 fully saturated rings. The van der Waals surface area contributed by atoms with Gasteiger partial charge in [-0.15, -0.1) is 11.3 Å². The molecule has 0 unspecified atom stereocenters. The number of aromatic nitrogens is 5. The number of aryl methyl sites for hydroxylation is 1. The molecule has 4 aromatic rings. The minimum atomic E-state index is 0.218. The van der Waals surface area contributed by atoms with E-state index in [0.29, 0.717) is 17.3 Å². The first-order chi connectivity index (χ1) is 16.6. The lowest BCUT2D eigenvalue weighted by Crippen LogP contribution is -2.21. The maximum Gasteiger partial charge on any atom is 0.231 e. The van der Waals surface area contributed by atoms with Crippen LogP contribution in [0.25, 0.3) is 21.7 Å². The van der Waals surface area contributed by atoms with Gasteiger partial charge in [-0.3, -0.25) is 0 Å². The third-order valence-corrected chi connectivity index (χ3v) is 7.26. The molecule has 0 atom stereocenters. The van der Waals surface area contributed by atoms with Crippen LogP contribution >= 0.6 is 23.1 Å². The Labute approximate surface area is 206 Å². The Balaban J connectivity index is 1.45. The Morgan fingerprint density at radius 1 is 1.18 bits per heavy atom. The maximum atomic E-state index is 6.14. The molecular weight excluding hydrogens is 470 g/mol. The van der Waals surface area contributed by atoms with E-state index in [1.165, 1.54) is 6.33 Å². The van der Waals surface area contributed by atoms with Crippen molar-refractivity contribution in [1.82, 2.24) is 29.8 Å². The van der Waals surface area contributed by atoms with E-state index >= 15 is 0 Å². The topological polar surface area (TPSA) is 113 Å². The number of rotatable bonds is 10. The van der Waals surface area contributed by atoms with Crippen LogP contribution in [-0.4, -0.2) is 44.4 Å². The van der Waals surface area contributed by atoms with Crippen molar-refractivity contribution in [2.75, 3.05) is 25.6 Å². The number of anilines is 1. The van der Waals surface area contributed by atoms with Crippen LogP contribution in [0.2, 0.25) is 0 Å². The summed E-state index contributed by atoms with van der Waals surface area (Å²) in [5.41, 5.74) is 8.51. The summed E-state index contributed by atoms with van der Waals surface area (Å²) in [5, 5.41) is 7.20. The van der Waals surface area contributed by atoms with Crippen LogP contribution in [0, 0.1) is 5.92 Å². The molecule has 0 aliphatic carbocycles. The van der Waals surface area contributed by atoms with Crippen LogP contribution in [0.1, 0.15) is 26.7 Å². The van der Waals surface area contributed by atoms with Crippen molar-refractivity contribution in [1.29, 1.82) is 0 Å². The second-order valence-corrected chi connectivity index (χ2v) is 10.3. The number of unbranched alkanes of at least 4 members (excludes halogenated alkanes) is 1. The molecule has 34 heavy (non-hydrogen) atoms. The molecule has 1 aromatic carbocycles. The van der Waals surface area contributed by atoms with Gasteiger partial charge in [0.2, 0.25) is 6.79 Å². The van der Waals surface area contributed by atoms with E-state index in [9.17, 15) is 0 Å². The molecule has 0 bridgehead atoms. The molecule has 3 aromatic heterocycles. The summed E-state index contributed by atoms with van der Waals surface area (Å²) in [6.07, 6.45) is 5.36. The van der Waals surface area contributed by atoms with Gasteiger partial charge < -0.3 is 25.1 Å². The van der Waals surface area contributed by atoms with Crippen molar-refractivity contribution in [2.45, 2.75) is 43.3 Å². The SMILES string of the molecule is CC(C)CNCCCCn1c(Sc2cc3c(cc2-c2nccs2)OCO3)nc2c(N)ncnc21. The first-order valence-electron chi connectivity index (χ1n) is 11.3. The second-order valence-electron chi connectivity index (χ2n) is 8.42. The number of hydrogen-bond acceptors (Lipinski definition) is 10. The maximum absolute atomic E-state index is 6.14. The highest BCUT2D eigenvalue weighted by Gasteiger charge is 2.23. The molecule has 5 rings (SSSR count). The van der Waals surface area contributed by atoms with Crippen LogP contribution < -0.4 is 20.5 Å². The molecule has 0 saturated heterocycles. The summed E-state index contributed by atoms with van der Waals surface area (Å²) in [6, 6.07) is 3.99. The lowest BCUT2D eigenvalue weighted by Gasteiger charge is -2.12. The summed E-state index contributed by atoms with van der Waals surface area (Å²) in [7, 11) is 0. The Bertz CT molecular complexity index is 1270. The summed E-state index contributed by atoms with van der Waals surface area (Å²) in [4.78, 5) is 19.0. The lowest BCUT2D eigenvalue weighted by molar-refractivity contribution is 0.174. The van der Waals surface area contributed by atoms with Crippen molar-refractivity contribution in [2.24, 2.45) is 5.92 Å². The monoisotopic (exact) mass is 497 g/mol. The van der Waals surface area contributed by atoms with Gasteiger partial charge in [0.1, 0.15) is 11.3 Å². The van der Waals surface area contributed by atoms with Crippen molar-refractivity contribution in [3.63, 3.8) is 0 Å². The largest absolute Gasteiger partial charge is 0.454 e. The lowest BCUT2D eigenvalue weighted by atomic mass is 10.2. The van der Waals surface area contributed by atoms with Crippen molar-refractivity contribution in [3.8, 4) is 22.1 Å². The number of ether oxygens (including phenoxy) is 2. The molecule has 1 aliphatic rings. The molecule has 3 N–H and O–H groups in total. The fourth-order valence-electron chi connectivity index (χ4n) is 3.75. The van der Waals surface area contributed by atoms with Gasteiger partial charge in [-0.05, 0) is 44.0 Å². The Hall–Kier alpha value is -2.89. The number of hydrogen-bond donors (Lipinski definition) is 2. The van der Waals surface area contributed by atoms with Crippen molar-refractivity contribution in [3.05, 3.63) is 30.0 Å². The fourth-order valence-corrected chi connectivity index (χ4v) is 5.54. The number of nitrogen functional groups attached to an aromatic ring is 1. The zero-order valence-corrected chi connectivity index (χ0v) is 20.8. The minimum Gasteiger partial charge on any atom is -0.454 e. The van der Waals surface area contributed by atoms with Gasteiger partial charge in [-0.25, -0.2) is 19.9 Å². The molecule has 4 heterocycles. The number of nitrogens with one attached hydrogen (secondary N) is 1. The van der Waals surface area contributed by atoms with E-state index in [0.717, 1.165) is 70.2 Å². The number of fused-ring (bicyclic) bond motifs is 2. The Kier molecular flexibility index (Phi) is 6.84. The summed E-state index contributed by atoms with van der Waals surface area (Å²) >= 11 is 3.14. The third kappa shape index (κ3) is 4.82. The highest BCUT2D eigenvalue weighted by molar-refractivity contribution is 7.99. The number of thiazole rings is 1. The number of benzene rings is 1. The molecule has 178 valence electrons. The van der Waals surface area contributed by atoms with Crippen molar-refractivity contribution >= 4 is 40.1 Å². The fraction of sp³-hybridized carbons (Fsp3) is 0.391. The standard InChI is InChI=1S/C23H27N7O2S2/c1-14(2)11-25-5-3-4-7-30-21-19(20(24)27-12-28-21)29-23(30)34-18-10-17-16(31-13-32-17)9-15(18)22-26-6-8-33-22/h6,8-10,12,14,25H,3-5,7,11,13H2,1-2H3,(H2,24,27,28). The van der Waals surface area contributed by atoms with E-state index in [1.807, 2.05) is 17.5 Å². The van der Waals surface area contributed by atoms with Gasteiger partial charge in [-0.1, -0.05) is 25.6 Å². The predicted molar refractivity (Wildman–Crippen MR) is 134 cm³/mol. The summed E-state index contributed by atoms with van der Waals surface area (Å²) in [5.74, 6) is 2.48. The summed E-state index contributed by atoms with van der Waals surface area (Å²) in [6.45, 7) is 7.46. The van der Waals surface area contributed by atoms with E-state index in [4.69, 9.17) is 20.2 Å². The molecule has 0 spiro atoms. The predicted octanol–water partition coefficient (Wildman–Crippen LogP) is 4.44.